The van der Waals surface area contributed by atoms with Crippen molar-refractivity contribution in [3.8, 4) is 5.75 Å². The summed E-state index contributed by atoms with van der Waals surface area (Å²) in [5.41, 5.74) is 3.09. The number of halogens is 12. The Morgan fingerprint density at radius 2 is 0.849 bits per heavy atom. The van der Waals surface area contributed by atoms with Crippen LogP contribution in [0.25, 0.3) is 0 Å². The van der Waals surface area contributed by atoms with Gasteiger partial charge in [0.05, 0.1) is 7.11 Å². The lowest BCUT2D eigenvalue weighted by Gasteiger charge is -2.35. The Balaban J connectivity index is 0.000000286. The fourth-order valence-corrected chi connectivity index (χ4v) is 5.11. The number of carbonyl (C=O) groups excluding carboxylic acids is 2. The van der Waals surface area contributed by atoms with Crippen LogP contribution < -0.4 is 4.74 Å². The number of alkyl halides is 12. The topological polar surface area (TPSA) is 74.8 Å². The average molecular weight is 785 g/mol. The third kappa shape index (κ3) is 13.7. The molecule has 2 aromatic rings. The monoisotopic (exact) mass is 784 g/mol. The van der Waals surface area contributed by atoms with Gasteiger partial charge in [-0.1, -0.05) is 42.0 Å². The van der Waals surface area contributed by atoms with Crippen LogP contribution in [0.15, 0.2) is 48.5 Å². The summed E-state index contributed by atoms with van der Waals surface area (Å²) in [7, 11) is 1.54. The standard InChI is InChI=1S/C16H18F6N2O3.C16H18F6N2O2/c1-26-12-4-2-11(3-5-12)10-23-6-8-24(9-7-23)14(25)27-13(15(17,18)19)16(20,21)22;1-11-2-4-12(5-3-11)10-23-6-8-24(9-7-23)14(25)26-13(15(17,18)19)16(20,21)22/h2-5,13H,6-10H2,1H3;2-5,13H,6-10H2,1H3. The lowest BCUT2D eigenvalue weighted by Crippen LogP contribution is -2.52. The molecule has 2 heterocycles. The predicted octanol–water partition coefficient (Wildman–Crippen LogP) is 7.19. The number of aryl methyl sites for hydroxylation is 1. The molecule has 2 aliphatic heterocycles. The summed E-state index contributed by atoms with van der Waals surface area (Å²) in [6.07, 6.45) is -34.3. The number of ether oxygens (including phenoxy) is 3. The number of benzene rings is 2. The number of hydrogen-bond acceptors (Lipinski definition) is 7. The van der Waals surface area contributed by atoms with Crippen molar-refractivity contribution < 1.29 is 76.5 Å². The van der Waals surface area contributed by atoms with E-state index in [1.807, 2.05) is 53.1 Å². The summed E-state index contributed by atoms with van der Waals surface area (Å²) in [6, 6.07) is 15.0. The van der Waals surface area contributed by atoms with Crippen molar-refractivity contribution in [3.63, 3.8) is 0 Å². The molecule has 2 aromatic carbocycles. The average Bonchev–Trinajstić information content (AvgIpc) is 3.06. The van der Waals surface area contributed by atoms with E-state index >= 15 is 0 Å². The molecule has 0 spiro atoms. The molecule has 0 unspecified atom stereocenters. The fourth-order valence-electron chi connectivity index (χ4n) is 5.11. The lowest BCUT2D eigenvalue weighted by molar-refractivity contribution is -0.309. The van der Waals surface area contributed by atoms with Gasteiger partial charge in [0.25, 0.3) is 12.2 Å². The number of nitrogens with zero attached hydrogens (tertiary/aromatic N) is 4. The number of hydrogen-bond donors (Lipinski definition) is 0. The molecule has 0 aromatic heterocycles. The van der Waals surface area contributed by atoms with Crippen molar-refractivity contribution in [3.05, 3.63) is 65.2 Å². The van der Waals surface area contributed by atoms with Crippen LogP contribution in [0, 0.1) is 6.92 Å². The van der Waals surface area contributed by atoms with Crippen LogP contribution >= 0.6 is 0 Å². The largest absolute Gasteiger partial charge is 0.497 e. The normalized spacial score (nSPS) is 16.7. The second-order valence-electron chi connectivity index (χ2n) is 12.1. The molecule has 0 radical (unpaired) electrons. The molecule has 21 heteroatoms. The first-order valence-corrected chi connectivity index (χ1v) is 15.8. The zero-order valence-electron chi connectivity index (χ0n) is 28.2. The molecule has 4 rings (SSSR count). The minimum absolute atomic E-state index is 0.00682. The van der Waals surface area contributed by atoms with Crippen LogP contribution in [0.1, 0.15) is 16.7 Å². The molecule has 53 heavy (non-hydrogen) atoms. The summed E-state index contributed by atoms with van der Waals surface area (Å²) in [6.45, 7) is 4.22. The van der Waals surface area contributed by atoms with E-state index in [9.17, 15) is 62.3 Å². The molecule has 2 amide bonds. The quantitative estimate of drug-likeness (QED) is 0.276. The van der Waals surface area contributed by atoms with E-state index in [2.05, 4.69) is 9.47 Å². The van der Waals surface area contributed by atoms with Crippen molar-refractivity contribution in [2.24, 2.45) is 0 Å². The van der Waals surface area contributed by atoms with E-state index in [-0.39, 0.29) is 26.2 Å². The van der Waals surface area contributed by atoms with Crippen LogP contribution in [0.4, 0.5) is 62.3 Å². The Morgan fingerprint density at radius 3 is 1.13 bits per heavy atom. The van der Waals surface area contributed by atoms with Crippen molar-refractivity contribution in [1.29, 1.82) is 0 Å². The van der Waals surface area contributed by atoms with Gasteiger partial charge in [-0.05, 0) is 30.2 Å². The molecule has 9 nitrogen and oxygen atoms in total. The summed E-state index contributed by atoms with van der Waals surface area (Å²) in [4.78, 5) is 29.0. The highest BCUT2D eigenvalue weighted by Crippen LogP contribution is 2.37. The van der Waals surface area contributed by atoms with Gasteiger partial charge in [-0.2, -0.15) is 52.7 Å². The van der Waals surface area contributed by atoms with Gasteiger partial charge in [-0.15, -0.1) is 0 Å². The van der Waals surface area contributed by atoms with Gasteiger partial charge in [0.2, 0.25) is 0 Å². The molecule has 0 aliphatic carbocycles. The third-order valence-electron chi connectivity index (χ3n) is 7.98. The lowest BCUT2D eigenvalue weighted by atomic mass is 10.1. The number of rotatable bonds is 7. The summed E-state index contributed by atoms with van der Waals surface area (Å²) in [5.74, 6) is 0.690. The van der Waals surface area contributed by atoms with Gasteiger partial charge < -0.3 is 24.0 Å². The summed E-state index contributed by atoms with van der Waals surface area (Å²) in [5, 5.41) is 0. The fraction of sp³-hybridized carbons (Fsp3) is 0.562. The van der Waals surface area contributed by atoms with E-state index in [0.29, 0.717) is 45.0 Å². The van der Waals surface area contributed by atoms with Crippen molar-refractivity contribution >= 4 is 12.2 Å². The molecule has 2 fully saturated rings. The van der Waals surface area contributed by atoms with Crippen LogP contribution in [0.2, 0.25) is 0 Å². The summed E-state index contributed by atoms with van der Waals surface area (Å²) < 4.78 is 162. The molecular formula is C32H36F12N4O5. The first-order valence-electron chi connectivity index (χ1n) is 15.8. The van der Waals surface area contributed by atoms with E-state index in [0.717, 1.165) is 26.5 Å². The van der Waals surface area contributed by atoms with Crippen molar-refractivity contribution in [2.45, 2.75) is 56.9 Å². The van der Waals surface area contributed by atoms with Gasteiger partial charge in [0.15, 0.2) is 0 Å². The SMILES string of the molecule is COc1ccc(CN2CCN(C(=O)OC(C(F)(F)F)C(F)(F)F)CC2)cc1.Cc1ccc(CN2CCN(C(=O)OC(C(F)(F)F)C(F)(F)F)CC2)cc1. The Bertz CT molecular complexity index is 1420. The van der Waals surface area contributed by atoms with Crippen LogP contribution in [0.3, 0.4) is 0 Å². The Morgan fingerprint density at radius 1 is 0.547 bits per heavy atom. The predicted molar refractivity (Wildman–Crippen MR) is 163 cm³/mol. The van der Waals surface area contributed by atoms with E-state index in [1.54, 1.807) is 12.1 Å². The third-order valence-corrected chi connectivity index (χ3v) is 7.98. The highest BCUT2D eigenvalue weighted by molar-refractivity contribution is 5.68. The first kappa shape index (κ1) is 43.3. The highest BCUT2D eigenvalue weighted by Gasteiger charge is 2.61. The van der Waals surface area contributed by atoms with Gasteiger partial charge in [0.1, 0.15) is 5.75 Å². The molecule has 298 valence electrons. The van der Waals surface area contributed by atoms with Gasteiger partial charge in [0, 0.05) is 65.4 Å². The zero-order valence-corrected chi connectivity index (χ0v) is 28.2. The number of carbonyl (C=O) groups is 2. The molecule has 0 saturated carbocycles. The van der Waals surface area contributed by atoms with E-state index in [1.165, 1.54) is 7.11 Å². The molecule has 2 aliphatic rings. The highest BCUT2D eigenvalue weighted by atomic mass is 19.4. The first-order chi connectivity index (χ1) is 24.5. The van der Waals surface area contributed by atoms with Crippen molar-refractivity contribution in [2.75, 3.05) is 59.5 Å². The molecular weight excluding hydrogens is 748 g/mol. The minimum Gasteiger partial charge on any atom is -0.497 e. The zero-order chi connectivity index (χ0) is 39.8. The van der Waals surface area contributed by atoms with Gasteiger partial charge >= 0.3 is 36.9 Å². The maximum atomic E-state index is 12.5. The Kier molecular flexibility index (Phi) is 14.5. The Hall–Kier alpha value is -4.14. The molecule has 2 saturated heterocycles. The maximum Gasteiger partial charge on any atom is 0.434 e. The molecule has 0 bridgehead atoms. The molecule has 0 N–H and O–H groups in total. The molecule has 0 atom stereocenters. The summed E-state index contributed by atoms with van der Waals surface area (Å²) >= 11 is 0. The van der Waals surface area contributed by atoms with E-state index in [4.69, 9.17) is 4.74 Å². The second-order valence-corrected chi connectivity index (χ2v) is 12.1. The van der Waals surface area contributed by atoms with Crippen LogP contribution in [-0.2, 0) is 22.6 Å². The second kappa shape index (κ2) is 17.8. The van der Waals surface area contributed by atoms with Gasteiger partial charge in [-0.25, -0.2) is 9.59 Å². The van der Waals surface area contributed by atoms with Gasteiger partial charge in [-0.3, -0.25) is 9.80 Å². The smallest absolute Gasteiger partial charge is 0.434 e. The van der Waals surface area contributed by atoms with Crippen molar-refractivity contribution in [1.82, 2.24) is 19.6 Å². The van der Waals surface area contributed by atoms with Crippen LogP contribution in [0.5, 0.6) is 5.75 Å². The minimum atomic E-state index is -5.72. The number of methoxy groups -OCH3 is 1. The van der Waals surface area contributed by atoms with Crippen LogP contribution in [-0.4, -0.2) is 128 Å². The van der Waals surface area contributed by atoms with E-state index < -0.39 is 49.1 Å². The number of piperazine rings is 2. The Labute approximate surface area is 295 Å². The maximum absolute atomic E-state index is 12.5. The number of amides is 2.